The molecule has 0 fully saturated rings. The Bertz CT molecular complexity index is 391. The average molecular weight is 237 g/mol. The number of carbonyl (C=O) groups is 1. The number of amides is 1. The predicted molar refractivity (Wildman–Crippen MR) is 67.7 cm³/mol. The van der Waals surface area contributed by atoms with Crippen molar-refractivity contribution in [3.8, 4) is 0 Å². The number of nitrogens with zero attached hydrogens (tertiary/aromatic N) is 2. The van der Waals surface area contributed by atoms with Gasteiger partial charge in [-0.1, -0.05) is 13.8 Å². The van der Waals surface area contributed by atoms with E-state index in [2.05, 4.69) is 20.6 Å². The van der Waals surface area contributed by atoms with Crippen LogP contribution in [0.4, 0.5) is 11.8 Å². The van der Waals surface area contributed by atoms with Crippen LogP contribution in [0.2, 0.25) is 0 Å². The van der Waals surface area contributed by atoms with Crippen LogP contribution in [0.15, 0.2) is 6.07 Å². The van der Waals surface area contributed by atoms with Gasteiger partial charge in [-0.2, -0.15) is 4.98 Å². The highest BCUT2D eigenvalue weighted by molar-refractivity contribution is 5.72. The van der Waals surface area contributed by atoms with Crippen LogP contribution in [-0.2, 0) is 4.79 Å². The lowest BCUT2D eigenvalue weighted by Crippen LogP contribution is -2.26. The van der Waals surface area contributed by atoms with E-state index in [0.29, 0.717) is 24.8 Å². The van der Waals surface area contributed by atoms with Crippen molar-refractivity contribution < 1.29 is 4.79 Å². The second-order valence-corrected chi connectivity index (χ2v) is 4.10. The van der Waals surface area contributed by atoms with Crippen LogP contribution < -0.4 is 16.4 Å². The van der Waals surface area contributed by atoms with Crippen molar-refractivity contribution in [1.82, 2.24) is 15.3 Å². The third-order valence-corrected chi connectivity index (χ3v) is 2.16. The first kappa shape index (κ1) is 13.2. The number of nitrogen functional groups attached to an aromatic ring is 1. The molecule has 0 radical (unpaired) electrons. The summed E-state index contributed by atoms with van der Waals surface area (Å²) in [6.07, 6.45) is 0. The fraction of sp³-hybridized carbons (Fsp3) is 0.545. The monoisotopic (exact) mass is 237 g/mol. The molecule has 0 saturated carbocycles. The van der Waals surface area contributed by atoms with Crippen LogP contribution in [0.3, 0.4) is 0 Å². The molecule has 0 spiro atoms. The standard InChI is InChI=1S/C11H19N5O/c1-7(2)9-6-10(16-11(12)15-9)14-5-4-13-8(3)17/h6-7H,4-5H2,1-3H3,(H,13,17)(H3,12,14,15,16). The van der Waals surface area contributed by atoms with E-state index in [0.717, 1.165) is 5.69 Å². The second kappa shape index (κ2) is 6.03. The smallest absolute Gasteiger partial charge is 0.222 e. The molecule has 0 aromatic carbocycles. The Balaban J connectivity index is 2.55. The van der Waals surface area contributed by atoms with Gasteiger partial charge in [-0.05, 0) is 5.92 Å². The van der Waals surface area contributed by atoms with E-state index < -0.39 is 0 Å². The predicted octanol–water partition coefficient (Wildman–Crippen LogP) is 0.730. The highest BCUT2D eigenvalue weighted by Crippen LogP contribution is 2.15. The largest absolute Gasteiger partial charge is 0.368 e. The lowest BCUT2D eigenvalue weighted by atomic mass is 10.1. The van der Waals surface area contributed by atoms with Gasteiger partial charge in [0.1, 0.15) is 5.82 Å². The first-order valence-corrected chi connectivity index (χ1v) is 5.62. The van der Waals surface area contributed by atoms with E-state index in [9.17, 15) is 4.79 Å². The number of rotatable bonds is 5. The van der Waals surface area contributed by atoms with Gasteiger partial charge in [0.25, 0.3) is 0 Å². The molecular formula is C11H19N5O. The molecule has 1 rings (SSSR count). The zero-order valence-corrected chi connectivity index (χ0v) is 10.4. The van der Waals surface area contributed by atoms with E-state index in [1.165, 1.54) is 6.92 Å². The number of carbonyl (C=O) groups excluding carboxylic acids is 1. The Morgan fingerprint density at radius 1 is 1.41 bits per heavy atom. The number of aromatic nitrogens is 2. The van der Waals surface area contributed by atoms with Crippen molar-refractivity contribution in [3.63, 3.8) is 0 Å². The molecule has 17 heavy (non-hydrogen) atoms. The molecule has 0 atom stereocenters. The van der Waals surface area contributed by atoms with Gasteiger partial charge < -0.3 is 16.4 Å². The lowest BCUT2D eigenvalue weighted by molar-refractivity contribution is -0.118. The summed E-state index contributed by atoms with van der Waals surface area (Å²) in [5, 5.41) is 5.78. The SMILES string of the molecule is CC(=O)NCCNc1cc(C(C)C)nc(N)n1. The van der Waals surface area contributed by atoms with Crippen molar-refractivity contribution in [2.24, 2.45) is 0 Å². The summed E-state index contributed by atoms with van der Waals surface area (Å²) in [5.74, 6) is 1.21. The zero-order chi connectivity index (χ0) is 12.8. The number of nitrogens with one attached hydrogen (secondary N) is 2. The minimum Gasteiger partial charge on any atom is -0.368 e. The summed E-state index contributed by atoms with van der Waals surface area (Å²) in [5.41, 5.74) is 6.52. The fourth-order valence-electron chi connectivity index (χ4n) is 1.30. The normalized spacial score (nSPS) is 10.4. The quantitative estimate of drug-likeness (QED) is 0.656. The Morgan fingerprint density at radius 2 is 2.12 bits per heavy atom. The molecule has 6 heteroatoms. The van der Waals surface area contributed by atoms with Gasteiger partial charge in [-0.3, -0.25) is 4.79 Å². The van der Waals surface area contributed by atoms with E-state index in [1.54, 1.807) is 0 Å². The molecular weight excluding hydrogens is 218 g/mol. The van der Waals surface area contributed by atoms with Gasteiger partial charge >= 0.3 is 0 Å². The maximum absolute atomic E-state index is 10.7. The molecule has 1 heterocycles. The van der Waals surface area contributed by atoms with E-state index in [1.807, 2.05) is 19.9 Å². The van der Waals surface area contributed by atoms with Gasteiger partial charge in [0.15, 0.2) is 0 Å². The van der Waals surface area contributed by atoms with Crippen LogP contribution >= 0.6 is 0 Å². The van der Waals surface area contributed by atoms with Crippen LogP contribution in [0, 0.1) is 0 Å². The number of hydrogen-bond donors (Lipinski definition) is 3. The maximum atomic E-state index is 10.7. The summed E-state index contributed by atoms with van der Waals surface area (Å²) in [7, 11) is 0. The van der Waals surface area contributed by atoms with Crippen molar-refractivity contribution in [2.45, 2.75) is 26.7 Å². The average Bonchev–Trinajstić information content (AvgIpc) is 2.23. The molecule has 1 aromatic heterocycles. The van der Waals surface area contributed by atoms with Gasteiger partial charge in [0.05, 0.1) is 5.69 Å². The summed E-state index contributed by atoms with van der Waals surface area (Å²) >= 11 is 0. The first-order valence-electron chi connectivity index (χ1n) is 5.62. The molecule has 6 nitrogen and oxygen atoms in total. The minimum absolute atomic E-state index is 0.0446. The topological polar surface area (TPSA) is 92.9 Å². The highest BCUT2D eigenvalue weighted by atomic mass is 16.1. The molecule has 4 N–H and O–H groups in total. The third kappa shape index (κ3) is 4.67. The molecule has 0 bridgehead atoms. The Morgan fingerprint density at radius 3 is 2.71 bits per heavy atom. The zero-order valence-electron chi connectivity index (χ0n) is 10.4. The van der Waals surface area contributed by atoms with Crippen LogP contribution in [0.25, 0.3) is 0 Å². The highest BCUT2D eigenvalue weighted by Gasteiger charge is 2.05. The van der Waals surface area contributed by atoms with E-state index in [4.69, 9.17) is 5.73 Å². The third-order valence-electron chi connectivity index (χ3n) is 2.16. The lowest BCUT2D eigenvalue weighted by Gasteiger charge is -2.10. The minimum atomic E-state index is -0.0446. The summed E-state index contributed by atoms with van der Waals surface area (Å²) < 4.78 is 0. The van der Waals surface area contributed by atoms with E-state index >= 15 is 0 Å². The van der Waals surface area contributed by atoms with Crippen molar-refractivity contribution >= 4 is 17.7 Å². The Kier molecular flexibility index (Phi) is 4.68. The molecule has 0 unspecified atom stereocenters. The van der Waals surface area contributed by atoms with Gasteiger partial charge in [0.2, 0.25) is 11.9 Å². The summed E-state index contributed by atoms with van der Waals surface area (Å²) in [6, 6.07) is 1.87. The molecule has 0 saturated heterocycles. The molecule has 0 aliphatic carbocycles. The number of anilines is 2. The van der Waals surface area contributed by atoms with Crippen molar-refractivity contribution in [1.29, 1.82) is 0 Å². The Hall–Kier alpha value is -1.85. The summed E-state index contributed by atoms with van der Waals surface area (Å²) in [4.78, 5) is 18.9. The van der Waals surface area contributed by atoms with Crippen molar-refractivity contribution in [3.05, 3.63) is 11.8 Å². The Labute approximate surface area is 101 Å². The maximum Gasteiger partial charge on any atom is 0.222 e. The van der Waals surface area contributed by atoms with Crippen LogP contribution in [-0.4, -0.2) is 29.0 Å². The van der Waals surface area contributed by atoms with E-state index in [-0.39, 0.29) is 11.9 Å². The van der Waals surface area contributed by atoms with Crippen LogP contribution in [0.1, 0.15) is 32.4 Å². The molecule has 0 aliphatic rings. The summed E-state index contributed by atoms with van der Waals surface area (Å²) in [6.45, 7) is 6.73. The number of nitrogens with two attached hydrogens (primary N) is 1. The van der Waals surface area contributed by atoms with Crippen LogP contribution in [0.5, 0.6) is 0 Å². The van der Waals surface area contributed by atoms with Gasteiger partial charge in [-0.15, -0.1) is 0 Å². The number of hydrogen-bond acceptors (Lipinski definition) is 5. The van der Waals surface area contributed by atoms with Gasteiger partial charge in [0, 0.05) is 26.1 Å². The molecule has 0 aliphatic heterocycles. The molecule has 1 aromatic rings. The fourth-order valence-corrected chi connectivity index (χ4v) is 1.30. The van der Waals surface area contributed by atoms with Crippen molar-refractivity contribution in [2.75, 3.05) is 24.1 Å². The molecule has 94 valence electrons. The van der Waals surface area contributed by atoms with Gasteiger partial charge in [-0.25, -0.2) is 4.98 Å². The second-order valence-electron chi connectivity index (χ2n) is 4.10. The first-order chi connectivity index (χ1) is 7.99. The molecule has 1 amide bonds.